The van der Waals surface area contributed by atoms with Crippen LogP contribution in [0.2, 0.25) is 0 Å². The van der Waals surface area contributed by atoms with Gasteiger partial charge in [-0.25, -0.2) is 9.59 Å². The van der Waals surface area contributed by atoms with Gasteiger partial charge in [0.1, 0.15) is 11.2 Å². The summed E-state index contributed by atoms with van der Waals surface area (Å²) in [6, 6.07) is 0.0428. The average molecular weight is 329 g/mol. The highest BCUT2D eigenvalue weighted by molar-refractivity contribution is 5.68. The summed E-state index contributed by atoms with van der Waals surface area (Å²) in [7, 11) is 0. The van der Waals surface area contributed by atoms with Crippen LogP contribution in [0.3, 0.4) is 0 Å². The fraction of sp³-hybridized carbons (Fsp3) is 0.882. The van der Waals surface area contributed by atoms with E-state index in [1.54, 1.807) is 0 Å². The molecule has 1 fully saturated rings. The monoisotopic (exact) mass is 329 g/mol. The number of carbonyl (C=O) groups is 2. The SMILES string of the molecule is CC(=O)OOC1(C(C)(C)C)CCC(NC(=O)OC(C)(C)C)CC1. The molecule has 0 atom stereocenters. The molecular weight excluding hydrogens is 298 g/mol. The van der Waals surface area contributed by atoms with E-state index >= 15 is 0 Å². The topological polar surface area (TPSA) is 73.9 Å². The van der Waals surface area contributed by atoms with Gasteiger partial charge in [-0.3, -0.25) is 4.89 Å². The quantitative estimate of drug-likeness (QED) is 0.631. The van der Waals surface area contributed by atoms with Crippen molar-refractivity contribution in [3.63, 3.8) is 0 Å². The summed E-state index contributed by atoms with van der Waals surface area (Å²) in [4.78, 5) is 33.3. The van der Waals surface area contributed by atoms with Crippen molar-refractivity contribution in [2.75, 3.05) is 0 Å². The van der Waals surface area contributed by atoms with Crippen molar-refractivity contribution in [2.24, 2.45) is 5.41 Å². The van der Waals surface area contributed by atoms with E-state index in [2.05, 4.69) is 26.1 Å². The van der Waals surface area contributed by atoms with Gasteiger partial charge in [-0.05, 0) is 51.9 Å². The van der Waals surface area contributed by atoms with E-state index in [0.29, 0.717) is 12.8 Å². The Labute approximate surface area is 139 Å². The Morgan fingerprint density at radius 1 is 1.04 bits per heavy atom. The average Bonchev–Trinajstić information content (AvgIpc) is 2.34. The highest BCUT2D eigenvalue weighted by Crippen LogP contribution is 2.45. The molecule has 0 aromatic carbocycles. The maximum atomic E-state index is 11.9. The number of ether oxygens (including phenoxy) is 1. The largest absolute Gasteiger partial charge is 0.444 e. The van der Waals surface area contributed by atoms with E-state index in [0.717, 1.165) is 12.8 Å². The summed E-state index contributed by atoms with van der Waals surface area (Å²) >= 11 is 0. The van der Waals surface area contributed by atoms with Crippen LogP contribution in [-0.4, -0.2) is 29.3 Å². The third-order valence-electron chi connectivity index (χ3n) is 4.20. The standard InChI is InChI=1S/C17H31NO5/c1-12(19)22-23-17(15(2,3)4)10-8-13(9-11-17)18-14(20)21-16(5,6)7/h13H,8-11H2,1-7H3,(H,18,20). The Morgan fingerprint density at radius 3 is 1.96 bits per heavy atom. The van der Waals surface area contributed by atoms with Crippen LogP contribution in [0.4, 0.5) is 4.79 Å². The first kappa shape index (κ1) is 19.7. The van der Waals surface area contributed by atoms with Gasteiger partial charge in [0.2, 0.25) is 0 Å². The van der Waals surface area contributed by atoms with Crippen molar-refractivity contribution < 1.29 is 24.1 Å². The molecule has 23 heavy (non-hydrogen) atoms. The van der Waals surface area contributed by atoms with Crippen LogP contribution < -0.4 is 5.32 Å². The molecule has 0 unspecified atom stereocenters. The lowest BCUT2D eigenvalue weighted by Crippen LogP contribution is -2.52. The number of amides is 1. The van der Waals surface area contributed by atoms with E-state index in [1.165, 1.54) is 6.92 Å². The fourth-order valence-electron chi connectivity index (χ4n) is 2.80. The van der Waals surface area contributed by atoms with Gasteiger partial charge in [-0.2, -0.15) is 4.89 Å². The lowest BCUT2D eigenvalue weighted by Gasteiger charge is -2.46. The first-order valence-corrected chi connectivity index (χ1v) is 8.20. The Morgan fingerprint density at radius 2 is 1.57 bits per heavy atom. The minimum Gasteiger partial charge on any atom is -0.444 e. The van der Waals surface area contributed by atoms with Crippen LogP contribution >= 0.6 is 0 Å². The number of hydrogen-bond acceptors (Lipinski definition) is 5. The molecule has 1 saturated carbocycles. The second-order valence-corrected chi connectivity index (χ2v) is 8.32. The lowest BCUT2D eigenvalue weighted by atomic mass is 9.67. The third-order valence-corrected chi connectivity index (χ3v) is 4.20. The van der Waals surface area contributed by atoms with Crippen LogP contribution in [0.15, 0.2) is 0 Å². The van der Waals surface area contributed by atoms with Gasteiger partial charge in [0.25, 0.3) is 0 Å². The highest BCUT2D eigenvalue weighted by Gasteiger charge is 2.48. The van der Waals surface area contributed by atoms with E-state index in [4.69, 9.17) is 14.5 Å². The minimum atomic E-state index is -0.537. The maximum absolute atomic E-state index is 11.9. The molecule has 0 spiro atoms. The van der Waals surface area contributed by atoms with Crippen molar-refractivity contribution in [2.45, 2.75) is 91.4 Å². The van der Waals surface area contributed by atoms with Gasteiger partial charge in [0.05, 0.1) is 0 Å². The number of rotatable bonds is 3. The zero-order chi connectivity index (χ0) is 17.9. The van der Waals surface area contributed by atoms with Crippen LogP contribution in [0.1, 0.15) is 74.1 Å². The first-order chi connectivity index (χ1) is 10.3. The van der Waals surface area contributed by atoms with E-state index in [1.807, 2.05) is 20.8 Å². The molecule has 0 bridgehead atoms. The molecular formula is C17H31NO5. The van der Waals surface area contributed by atoms with Gasteiger partial charge >= 0.3 is 12.1 Å². The molecule has 0 aromatic rings. The van der Waals surface area contributed by atoms with Gasteiger partial charge in [0.15, 0.2) is 0 Å². The lowest BCUT2D eigenvalue weighted by molar-refractivity contribution is -0.361. The summed E-state index contributed by atoms with van der Waals surface area (Å²) in [6.07, 6.45) is 2.50. The molecule has 6 heteroatoms. The second kappa shape index (κ2) is 7.07. The van der Waals surface area contributed by atoms with Gasteiger partial charge in [0, 0.05) is 13.0 Å². The Bertz CT molecular complexity index is 425. The zero-order valence-corrected chi connectivity index (χ0v) is 15.4. The summed E-state index contributed by atoms with van der Waals surface area (Å²) in [5.74, 6) is -0.456. The Hall–Kier alpha value is -1.30. The summed E-state index contributed by atoms with van der Waals surface area (Å²) in [5, 5.41) is 2.91. The van der Waals surface area contributed by atoms with E-state index < -0.39 is 23.3 Å². The summed E-state index contributed by atoms with van der Waals surface area (Å²) < 4.78 is 5.29. The van der Waals surface area contributed by atoms with Crippen molar-refractivity contribution in [1.29, 1.82) is 0 Å². The fourth-order valence-corrected chi connectivity index (χ4v) is 2.80. The normalized spacial score (nSPS) is 25.6. The molecule has 0 aliphatic heterocycles. The Balaban J connectivity index is 2.62. The van der Waals surface area contributed by atoms with Gasteiger partial charge in [-0.15, -0.1) is 0 Å². The van der Waals surface area contributed by atoms with Crippen LogP contribution in [0.5, 0.6) is 0 Å². The minimum absolute atomic E-state index is 0.0428. The zero-order valence-electron chi connectivity index (χ0n) is 15.4. The molecule has 0 radical (unpaired) electrons. The number of nitrogens with one attached hydrogen (secondary N) is 1. The van der Waals surface area contributed by atoms with Crippen molar-refractivity contribution >= 4 is 12.1 Å². The van der Waals surface area contributed by atoms with Crippen molar-refractivity contribution in [3.8, 4) is 0 Å². The molecule has 0 heterocycles. The summed E-state index contributed by atoms with van der Waals surface area (Å²) in [6.45, 7) is 13.0. The van der Waals surface area contributed by atoms with Crippen molar-refractivity contribution in [1.82, 2.24) is 5.32 Å². The molecule has 1 rings (SSSR count). The molecule has 134 valence electrons. The van der Waals surface area contributed by atoms with Gasteiger partial charge < -0.3 is 10.1 Å². The number of hydrogen-bond donors (Lipinski definition) is 1. The smallest absolute Gasteiger partial charge is 0.407 e. The van der Waals surface area contributed by atoms with Crippen LogP contribution in [0, 0.1) is 5.41 Å². The molecule has 6 nitrogen and oxygen atoms in total. The number of alkyl carbamates (subject to hydrolysis) is 1. The van der Waals surface area contributed by atoms with Crippen LogP contribution in [0.25, 0.3) is 0 Å². The summed E-state index contributed by atoms with van der Waals surface area (Å²) in [5.41, 5.74) is -1.23. The maximum Gasteiger partial charge on any atom is 0.407 e. The Kier molecular flexibility index (Phi) is 6.07. The van der Waals surface area contributed by atoms with Crippen LogP contribution in [-0.2, 0) is 19.3 Å². The van der Waals surface area contributed by atoms with Gasteiger partial charge in [-0.1, -0.05) is 20.8 Å². The predicted octanol–water partition coefficient (Wildman–Crippen LogP) is 3.73. The molecule has 1 aliphatic rings. The van der Waals surface area contributed by atoms with Crippen molar-refractivity contribution in [3.05, 3.63) is 0 Å². The molecule has 1 N–H and O–H groups in total. The molecule has 1 aliphatic carbocycles. The predicted molar refractivity (Wildman–Crippen MR) is 86.7 cm³/mol. The first-order valence-electron chi connectivity index (χ1n) is 8.20. The highest BCUT2D eigenvalue weighted by atomic mass is 17.2. The number of carbonyl (C=O) groups excluding carboxylic acids is 2. The molecule has 1 amide bonds. The van der Waals surface area contributed by atoms with E-state index in [-0.39, 0.29) is 11.5 Å². The third kappa shape index (κ3) is 6.01. The second-order valence-electron chi connectivity index (χ2n) is 8.32. The molecule has 0 aromatic heterocycles. The molecule has 0 saturated heterocycles. The van der Waals surface area contributed by atoms with E-state index in [9.17, 15) is 9.59 Å².